The number of nitrogens with one attached hydrogen (secondary N) is 2. The van der Waals surface area contributed by atoms with Crippen molar-refractivity contribution in [1.82, 2.24) is 5.32 Å². The zero-order valence-corrected chi connectivity index (χ0v) is 6.18. The minimum Gasteiger partial charge on any atom is -0.375 e. The molecule has 0 fully saturated rings. The first-order valence-corrected chi connectivity index (χ1v) is 2.96. The van der Waals surface area contributed by atoms with Crippen molar-refractivity contribution in [2.24, 2.45) is 5.73 Å². The average molecular weight is 143 g/mol. The van der Waals surface area contributed by atoms with Gasteiger partial charge in [0, 0.05) is 5.70 Å². The van der Waals surface area contributed by atoms with E-state index in [4.69, 9.17) is 16.2 Å². The lowest BCUT2D eigenvalue weighted by atomic mass is 10.2. The molecule has 0 spiro atoms. The Bertz CT molecular complexity index is 151. The third kappa shape index (κ3) is 2.61. The molecule has 0 aliphatic rings. The highest BCUT2D eigenvalue weighted by Crippen LogP contribution is 2.00. The lowest BCUT2D eigenvalue weighted by Gasteiger charge is -2.08. The number of rotatable bonds is 3. The molecule has 0 bridgehead atoms. The molecule has 0 unspecified atom stereocenters. The molecular weight excluding hydrogens is 130 g/mol. The second kappa shape index (κ2) is 4.03. The summed E-state index contributed by atoms with van der Waals surface area (Å²) in [7, 11) is 0. The molecule has 1 atom stereocenters. The molecule has 0 heterocycles. The first kappa shape index (κ1) is 9.13. The third-order valence-corrected chi connectivity index (χ3v) is 1.32. The van der Waals surface area contributed by atoms with Crippen LogP contribution in [0.4, 0.5) is 0 Å². The zero-order chi connectivity index (χ0) is 8.15. The van der Waals surface area contributed by atoms with E-state index in [1.165, 1.54) is 0 Å². The number of hydrogen-bond acceptors (Lipinski definition) is 3. The summed E-state index contributed by atoms with van der Waals surface area (Å²) in [5, 5.41) is 18.1. The van der Waals surface area contributed by atoms with Crippen LogP contribution in [0.1, 0.15) is 13.8 Å². The van der Waals surface area contributed by atoms with E-state index in [1.54, 1.807) is 13.8 Å². The Morgan fingerprint density at radius 1 is 1.70 bits per heavy atom. The Balaban J connectivity index is 4.18. The molecule has 0 rings (SSSR count). The molecule has 5 N–H and O–H groups in total. The number of aliphatic hydroxyl groups excluding tert-OH is 1. The molecule has 58 valence electrons. The number of nitrogens with two attached hydrogens (primary N) is 1. The Labute approximate surface area is 60.2 Å². The minimum atomic E-state index is -0.938. The van der Waals surface area contributed by atoms with Gasteiger partial charge < -0.3 is 16.2 Å². The molecule has 10 heavy (non-hydrogen) atoms. The predicted octanol–water partition coefficient (Wildman–Crippen LogP) is -0.246. The van der Waals surface area contributed by atoms with Crippen LogP contribution in [0.3, 0.4) is 0 Å². The van der Waals surface area contributed by atoms with Gasteiger partial charge in [0.2, 0.25) is 0 Å². The summed E-state index contributed by atoms with van der Waals surface area (Å²) >= 11 is 0. The maximum Gasteiger partial charge on any atom is 0.126 e. The van der Waals surface area contributed by atoms with Gasteiger partial charge in [0.05, 0.1) is 6.34 Å². The van der Waals surface area contributed by atoms with Gasteiger partial charge in [-0.15, -0.1) is 0 Å². The smallest absolute Gasteiger partial charge is 0.126 e. The predicted molar refractivity (Wildman–Crippen MR) is 40.5 cm³/mol. The summed E-state index contributed by atoms with van der Waals surface area (Å²) in [6, 6.07) is 0. The van der Waals surface area contributed by atoms with E-state index in [0.29, 0.717) is 11.3 Å². The summed E-state index contributed by atoms with van der Waals surface area (Å²) in [5.74, 6) is 0. The first-order chi connectivity index (χ1) is 4.59. The number of aliphatic hydroxyl groups is 1. The van der Waals surface area contributed by atoms with Gasteiger partial charge in [-0.25, -0.2) is 0 Å². The first-order valence-electron chi connectivity index (χ1n) is 2.96. The molecule has 0 aromatic carbocycles. The van der Waals surface area contributed by atoms with Crippen LogP contribution >= 0.6 is 0 Å². The Kier molecular flexibility index (Phi) is 3.68. The van der Waals surface area contributed by atoms with E-state index in [-0.39, 0.29) is 0 Å². The fraction of sp³-hybridized carbons (Fsp3) is 0.500. The van der Waals surface area contributed by atoms with Crippen LogP contribution in [0, 0.1) is 5.41 Å². The van der Waals surface area contributed by atoms with Crippen LogP contribution in [-0.4, -0.2) is 17.7 Å². The largest absolute Gasteiger partial charge is 0.375 e. The lowest BCUT2D eigenvalue weighted by molar-refractivity contribution is 0.217. The summed E-state index contributed by atoms with van der Waals surface area (Å²) in [4.78, 5) is 0. The highest BCUT2D eigenvalue weighted by molar-refractivity contribution is 5.53. The van der Waals surface area contributed by atoms with Gasteiger partial charge in [-0.1, -0.05) is 0 Å². The van der Waals surface area contributed by atoms with Gasteiger partial charge in [0.25, 0.3) is 0 Å². The van der Waals surface area contributed by atoms with Crippen LogP contribution < -0.4 is 11.1 Å². The molecule has 0 amide bonds. The van der Waals surface area contributed by atoms with Crippen molar-refractivity contribution in [2.45, 2.75) is 20.1 Å². The van der Waals surface area contributed by atoms with E-state index in [2.05, 4.69) is 5.32 Å². The van der Waals surface area contributed by atoms with Crippen molar-refractivity contribution < 1.29 is 5.11 Å². The average Bonchev–Trinajstić information content (AvgIpc) is 1.87. The third-order valence-electron chi connectivity index (χ3n) is 1.32. The van der Waals surface area contributed by atoms with Crippen molar-refractivity contribution >= 4 is 6.34 Å². The molecular formula is C6H13N3O. The highest BCUT2D eigenvalue weighted by atomic mass is 16.3. The topological polar surface area (TPSA) is 82.1 Å². The second-order valence-corrected chi connectivity index (χ2v) is 2.04. The summed E-state index contributed by atoms with van der Waals surface area (Å²) in [6.45, 7) is 3.45. The Hall–Kier alpha value is -0.870. The molecule has 0 aromatic heterocycles. The van der Waals surface area contributed by atoms with Crippen molar-refractivity contribution in [3.05, 3.63) is 11.3 Å². The van der Waals surface area contributed by atoms with E-state index in [9.17, 15) is 0 Å². The SMILES string of the molecule is C/C(NC=N)=C(/C)[C@H](N)O. The molecule has 0 aliphatic heterocycles. The number of hydrogen-bond donors (Lipinski definition) is 4. The lowest BCUT2D eigenvalue weighted by Crippen LogP contribution is -2.24. The van der Waals surface area contributed by atoms with Gasteiger partial charge >= 0.3 is 0 Å². The monoisotopic (exact) mass is 143 g/mol. The molecule has 0 aromatic rings. The van der Waals surface area contributed by atoms with E-state index in [1.807, 2.05) is 0 Å². The molecule has 0 aliphatic carbocycles. The van der Waals surface area contributed by atoms with Crippen LogP contribution in [-0.2, 0) is 0 Å². The maximum atomic E-state index is 8.82. The fourth-order valence-corrected chi connectivity index (χ4v) is 0.444. The van der Waals surface area contributed by atoms with E-state index < -0.39 is 6.23 Å². The molecule has 0 radical (unpaired) electrons. The van der Waals surface area contributed by atoms with Crippen LogP contribution in [0.5, 0.6) is 0 Å². The molecule has 4 heteroatoms. The minimum absolute atomic E-state index is 0.642. The molecule has 0 saturated carbocycles. The Morgan fingerprint density at radius 3 is 2.50 bits per heavy atom. The van der Waals surface area contributed by atoms with Gasteiger partial charge in [-0.05, 0) is 19.4 Å². The maximum absolute atomic E-state index is 8.82. The fourth-order valence-electron chi connectivity index (χ4n) is 0.444. The summed E-state index contributed by atoms with van der Waals surface area (Å²) in [6.07, 6.45) is 0.105. The van der Waals surface area contributed by atoms with Crippen molar-refractivity contribution in [3.8, 4) is 0 Å². The summed E-state index contributed by atoms with van der Waals surface area (Å²) in [5.41, 5.74) is 6.50. The standard InChI is InChI=1S/C6H13N3O/c1-4(6(8)10)5(2)9-3-7/h3,6,10H,8H2,1-2H3,(H2,7,9)/b5-4+/t6-/m1/s1. The summed E-state index contributed by atoms with van der Waals surface area (Å²) < 4.78 is 0. The van der Waals surface area contributed by atoms with Gasteiger partial charge in [0.1, 0.15) is 6.23 Å². The Morgan fingerprint density at radius 2 is 2.20 bits per heavy atom. The van der Waals surface area contributed by atoms with Crippen molar-refractivity contribution in [1.29, 1.82) is 5.41 Å². The van der Waals surface area contributed by atoms with Crippen molar-refractivity contribution in [3.63, 3.8) is 0 Å². The molecule has 4 nitrogen and oxygen atoms in total. The number of allylic oxidation sites excluding steroid dienone is 1. The van der Waals surface area contributed by atoms with Crippen LogP contribution in [0.15, 0.2) is 11.3 Å². The second-order valence-electron chi connectivity index (χ2n) is 2.04. The van der Waals surface area contributed by atoms with E-state index >= 15 is 0 Å². The van der Waals surface area contributed by atoms with Gasteiger partial charge in [0.15, 0.2) is 0 Å². The van der Waals surface area contributed by atoms with Crippen molar-refractivity contribution in [2.75, 3.05) is 0 Å². The zero-order valence-electron chi connectivity index (χ0n) is 6.18. The highest BCUT2D eigenvalue weighted by Gasteiger charge is 2.01. The quantitative estimate of drug-likeness (QED) is 0.250. The van der Waals surface area contributed by atoms with E-state index in [0.717, 1.165) is 6.34 Å². The van der Waals surface area contributed by atoms with Crippen LogP contribution in [0.2, 0.25) is 0 Å². The van der Waals surface area contributed by atoms with Gasteiger partial charge in [-0.3, -0.25) is 5.41 Å². The van der Waals surface area contributed by atoms with Crippen LogP contribution in [0.25, 0.3) is 0 Å². The van der Waals surface area contributed by atoms with Gasteiger partial charge in [-0.2, -0.15) is 0 Å². The normalized spacial score (nSPS) is 15.6. The molecule has 0 saturated heterocycles.